The van der Waals surface area contributed by atoms with Crippen LogP contribution in [0, 0.1) is 11.3 Å². The number of aliphatic hydroxyl groups excluding tert-OH is 1. The summed E-state index contributed by atoms with van der Waals surface area (Å²) >= 11 is 0. The van der Waals surface area contributed by atoms with Crippen molar-refractivity contribution in [3.8, 4) is 5.75 Å². The van der Waals surface area contributed by atoms with Crippen LogP contribution in [-0.2, 0) is 13.6 Å². The highest BCUT2D eigenvalue weighted by molar-refractivity contribution is 6.74. The van der Waals surface area contributed by atoms with E-state index in [0.29, 0.717) is 5.75 Å². The summed E-state index contributed by atoms with van der Waals surface area (Å²) < 4.78 is 18.8. The molecule has 0 spiro atoms. The van der Waals surface area contributed by atoms with E-state index in [2.05, 4.69) is 67.7 Å². The minimum Gasteiger partial charge on any atom is -0.426 e. The van der Waals surface area contributed by atoms with Crippen molar-refractivity contribution >= 4 is 22.6 Å². The van der Waals surface area contributed by atoms with E-state index >= 15 is 0 Å². The summed E-state index contributed by atoms with van der Waals surface area (Å²) in [5.74, 6) is 0.0528. The highest BCUT2D eigenvalue weighted by Crippen LogP contribution is 2.43. The fourth-order valence-corrected chi connectivity index (χ4v) is 5.18. The number of carbonyl (C=O) groups is 1. The van der Waals surface area contributed by atoms with Crippen molar-refractivity contribution < 1.29 is 23.5 Å². The molecule has 1 aromatic carbocycles. The Balaban J connectivity index is 3.21. The molecule has 0 amide bonds. The summed E-state index contributed by atoms with van der Waals surface area (Å²) in [4.78, 5) is 12.3. The molecule has 7 heteroatoms. The molecule has 1 N–H and O–H groups in total. The molecular weight excluding hydrogens is 472 g/mol. The molecule has 5 nitrogen and oxygen atoms in total. The van der Waals surface area contributed by atoms with Crippen LogP contribution < -0.4 is 4.74 Å². The van der Waals surface area contributed by atoms with E-state index in [1.54, 1.807) is 0 Å². The van der Waals surface area contributed by atoms with Crippen LogP contribution in [0.5, 0.6) is 5.75 Å². The molecule has 3 atom stereocenters. The standard InChI is InChI=1S/C28H52O5Si2/c1-20(23(29)19-31-34(11,12)27(5,6)7)24(33-35(13,14)28(8,9)10)21-15-17-22(18-16-21)32-25(30)26(2,3)4/h15-18,20,23-24,29H,19H2,1-14H3/t20-,23-,24-/m0/s1. The zero-order valence-corrected chi connectivity index (χ0v) is 26.8. The number of benzene rings is 1. The molecule has 202 valence electrons. The van der Waals surface area contributed by atoms with Crippen molar-refractivity contribution in [2.45, 2.75) is 118 Å². The summed E-state index contributed by atoms with van der Waals surface area (Å²) in [6.07, 6.45) is -0.974. The average molecular weight is 525 g/mol. The molecule has 1 rings (SSSR count). The largest absolute Gasteiger partial charge is 0.426 e. The van der Waals surface area contributed by atoms with Crippen molar-refractivity contribution in [1.29, 1.82) is 0 Å². The van der Waals surface area contributed by atoms with Crippen molar-refractivity contribution in [2.75, 3.05) is 6.61 Å². The monoisotopic (exact) mass is 524 g/mol. The van der Waals surface area contributed by atoms with Gasteiger partial charge in [-0.25, -0.2) is 0 Å². The van der Waals surface area contributed by atoms with Crippen molar-refractivity contribution in [2.24, 2.45) is 11.3 Å². The lowest BCUT2D eigenvalue weighted by molar-refractivity contribution is -0.143. The zero-order chi connectivity index (χ0) is 27.6. The normalized spacial score (nSPS) is 16.5. The van der Waals surface area contributed by atoms with Gasteiger partial charge >= 0.3 is 5.97 Å². The van der Waals surface area contributed by atoms with Gasteiger partial charge in [0.15, 0.2) is 16.6 Å². The molecule has 0 aliphatic rings. The topological polar surface area (TPSA) is 65.0 Å². The Morgan fingerprint density at radius 2 is 1.31 bits per heavy atom. The Kier molecular flexibility index (Phi) is 10.2. The first-order valence-corrected chi connectivity index (χ1v) is 18.6. The second-order valence-electron chi connectivity index (χ2n) is 14.0. The maximum atomic E-state index is 12.3. The van der Waals surface area contributed by atoms with Crippen LogP contribution >= 0.6 is 0 Å². The third kappa shape index (κ3) is 8.81. The summed E-state index contributed by atoms with van der Waals surface area (Å²) in [7, 11) is -4.13. The van der Waals surface area contributed by atoms with E-state index in [9.17, 15) is 9.90 Å². The lowest BCUT2D eigenvalue weighted by atomic mass is 9.93. The Bertz CT molecular complexity index is 827. The van der Waals surface area contributed by atoms with Gasteiger partial charge in [-0.2, -0.15) is 0 Å². The molecule has 0 saturated carbocycles. The SMILES string of the molecule is C[C@H]([C@H](O[Si](C)(C)C(C)(C)C)c1ccc(OC(=O)C(C)(C)C)cc1)[C@@H](O)CO[Si](C)(C)C(C)(C)C. The highest BCUT2D eigenvalue weighted by Gasteiger charge is 2.42. The minimum atomic E-state index is -2.14. The Labute approximate surface area is 217 Å². The number of aliphatic hydroxyl groups is 1. The number of rotatable bonds is 9. The number of carbonyl (C=O) groups excluding carboxylic acids is 1. The van der Waals surface area contributed by atoms with E-state index in [-0.39, 0.29) is 34.7 Å². The Morgan fingerprint density at radius 1 is 0.857 bits per heavy atom. The van der Waals surface area contributed by atoms with Gasteiger partial charge in [-0.1, -0.05) is 60.6 Å². The first-order chi connectivity index (χ1) is 15.5. The maximum Gasteiger partial charge on any atom is 0.316 e. The molecule has 35 heavy (non-hydrogen) atoms. The van der Waals surface area contributed by atoms with Gasteiger partial charge in [-0.05, 0) is 74.7 Å². The van der Waals surface area contributed by atoms with E-state index in [1.165, 1.54) is 0 Å². The van der Waals surface area contributed by atoms with Crippen LogP contribution in [0.4, 0.5) is 0 Å². The molecule has 0 aliphatic heterocycles. The van der Waals surface area contributed by atoms with Crippen LogP contribution in [0.1, 0.15) is 80.9 Å². The molecule has 0 aromatic heterocycles. The van der Waals surface area contributed by atoms with E-state index in [4.69, 9.17) is 13.6 Å². The lowest BCUT2D eigenvalue weighted by Crippen LogP contribution is -2.46. The molecule has 0 unspecified atom stereocenters. The van der Waals surface area contributed by atoms with Crippen molar-refractivity contribution in [3.05, 3.63) is 29.8 Å². The molecule has 0 radical (unpaired) electrons. The number of esters is 1. The lowest BCUT2D eigenvalue weighted by Gasteiger charge is -2.42. The third-order valence-corrected chi connectivity index (χ3v) is 16.7. The molecule has 0 saturated heterocycles. The van der Waals surface area contributed by atoms with Crippen LogP contribution in [0.3, 0.4) is 0 Å². The molecular formula is C28H52O5Si2. The fraction of sp³-hybridized carbons (Fsp3) is 0.750. The molecule has 0 heterocycles. The Morgan fingerprint density at radius 3 is 1.71 bits per heavy atom. The minimum absolute atomic E-state index is 0.0236. The average Bonchev–Trinajstić information content (AvgIpc) is 2.68. The van der Waals surface area contributed by atoms with Gasteiger partial charge in [-0.3, -0.25) is 4.79 Å². The van der Waals surface area contributed by atoms with Gasteiger partial charge in [0.1, 0.15) is 5.75 Å². The maximum absolute atomic E-state index is 12.3. The molecule has 1 aromatic rings. The Hall–Kier alpha value is -0.996. The summed E-state index contributed by atoms with van der Waals surface area (Å²) in [5, 5.41) is 11.3. The second kappa shape index (κ2) is 11.2. The number of hydrogen-bond acceptors (Lipinski definition) is 5. The van der Waals surface area contributed by atoms with Crippen molar-refractivity contribution in [1.82, 2.24) is 0 Å². The highest BCUT2D eigenvalue weighted by atomic mass is 28.4. The van der Waals surface area contributed by atoms with Gasteiger partial charge in [0.25, 0.3) is 0 Å². The summed E-state index contributed by atoms with van der Waals surface area (Å²) in [6.45, 7) is 29.9. The first-order valence-electron chi connectivity index (χ1n) is 12.8. The summed E-state index contributed by atoms with van der Waals surface area (Å²) in [6, 6.07) is 7.51. The van der Waals surface area contributed by atoms with Gasteiger partial charge in [-0.15, -0.1) is 0 Å². The first kappa shape index (κ1) is 32.0. The number of hydrogen-bond donors (Lipinski definition) is 1. The van der Waals surface area contributed by atoms with Gasteiger partial charge in [0, 0.05) is 5.92 Å². The molecule has 0 bridgehead atoms. The van der Waals surface area contributed by atoms with Crippen LogP contribution in [0.15, 0.2) is 24.3 Å². The second-order valence-corrected chi connectivity index (χ2v) is 23.6. The molecule has 0 aliphatic carbocycles. The van der Waals surface area contributed by atoms with Gasteiger partial charge < -0.3 is 18.7 Å². The van der Waals surface area contributed by atoms with Gasteiger partial charge in [0.05, 0.1) is 24.2 Å². The van der Waals surface area contributed by atoms with Crippen molar-refractivity contribution in [3.63, 3.8) is 0 Å². The quantitative estimate of drug-likeness (QED) is 0.203. The zero-order valence-electron chi connectivity index (χ0n) is 24.8. The van der Waals surface area contributed by atoms with Gasteiger partial charge in [0.2, 0.25) is 0 Å². The summed E-state index contributed by atoms with van der Waals surface area (Å²) in [5.41, 5.74) is 0.388. The molecule has 0 fully saturated rings. The number of ether oxygens (including phenoxy) is 1. The fourth-order valence-electron chi connectivity index (χ4n) is 2.82. The third-order valence-electron chi connectivity index (χ3n) is 7.76. The van der Waals surface area contributed by atoms with E-state index in [0.717, 1.165) is 5.56 Å². The predicted molar refractivity (Wildman–Crippen MR) is 151 cm³/mol. The van der Waals surface area contributed by atoms with Crippen LogP contribution in [0.25, 0.3) is 0 Å². The van der Waals surface area contributed by atoms with Crippen LogP contribution in [-0.4, -0.2) is 40.4 Å². The van der Waals surface area contributed by atoms with Crippen LogP contribution in [0.2, 0.25) is 36.3 Å². The smallest absolute Gasteiger partial charge is 0.316 e. The predicted octanol–water partition coefficient (Wildman–Crippen LogP) is 7.72. The van der Waals surface area contributed by atoms with E-state index < -0.39 is 28.2 Å². The van der Waals surface area contributed by atoms with E-state index in [1.807, 2.05) is 52.0 Å².